The minimum Gasteiger partial charge on any atom is -0.497 e. The van der Waals surface area contributed by atoms with Crippen LogP contribution in [0.1, 0.15) is 29.4 Å². The molecule has 8 nitrogen and oxygen atoms in total. The predicted octanol–water partition coefficient (Wildman–Crippen LogP) is 4.50. The molecular formula is C24H25F5N6O2. The number of nitrogens with zero attached hydrogens (tertiary/aromatic N) is 5. The highest BCUT2D eigenvalue weighted by atomic mass is 19.4. The molecule has 0 radical (unpaired) electrons. The van der Waals surface area contributed by atoms with Gasteiger partial charge in [0, 0.05) is 44.2 Å². The number of amides is 1. The van der Waals surface area contributed by atoms with E-state index in [1.165, 1.54) is 11.8 Å². The topological polar surface area (TPSA) is 85.2 Å². The zero-order valence-electron chi connectivity index (χ0n) is 20.3. The maximum Gasteiger partial charge on any atom is 0.419 e. The van der Waals surface area contributed by atoms with Gasteiger partial charge in [-0.05, 0) is 23.6 Å². The maximum atomic E-state index is 14.6. The lowest BCUT2D eigenvalue weighted by Crippen LogP contribution is -2.57. The van der Waals surface area contributed by atoms with E-state index in [1.807, 2.05) is 0 Å². The molecule has 1 aliphatic rings. The van der Waals surface area contributed by atoms with Gasteiger partial charge in [0.2, 0.25) is 5.95 Å². The molecule has 2 unspecified atom stereocenters. The van der Waals surface area contributed by atoms with E-state index >= 15 is 0 Å². The van der Waals surface area contributed by atoms with Crippen molar-refractivity contribution in [3.05, 3.63) is 54.1 Å². The van der Waals surface area contributed by atoms with Crippen LogP contribution in [0.2, 0.25) is 0 Å². The average molecular weight is 524 g/mol. The Labute approximate surface area is 209 Å². The normalized spacial score (nSPS) is 19.5. The van der Waals surface area contributed by atoms with Crippen molar-refractivity contribution in [3.63, 3.8) is 0 Å². The highest BCUT2D eigenvalue weighted by Gasteiger charge is 2.47. The Morgan fingerprint density at radius 2 is 1.95 bits per heavy atom. The lowest BCUT2D eigenvalue weighted by molar-refractivity contribution is -0.138. The lowest BCUT2D eigenvalue weighted by atomic mass is 9.88. The summed E-state index contributed by atoms with van der Waals surface area (Å²) >= 11 is 0. The van der Waals surface area contributed by atoms with Crippen LogP contribution in [-0.2, 0) is 13.2 Å². The van der Waals surface area contributed by atoms with Crippen molar-refractivity contribution in [2.24, 2.45) is 13.0 Å². The number of piperidine rings is 1. The molecule has 1 saturated heterocycles. The zero-order valence-corrected chi connectivity index (χ0v) is 20.3. The van der Waals surface area contributed by atoms with Gasteiger partial charge in [-0.25, -0.2) is 18.7 Å². The van der Waals surface area contributed by atoms with Gasteiger partial charge < -0.3 is 15.0 Å². The third-order valence-corrected chi connectivity index (χ3v) is 6.20. The maximum absolute atomic E-state index is 14.6. The second-order valence-electron chi connectivity index (χ2n) is 9.01. The van der Waals surface area contributed by atoms with E-state index < -0.39 is 48.5 Å². The smallest absolute Gasteiger partial charge is 0.419 e. The van der Waals surface area contributed by atoms with Crippen molar-refractivity contribution in [1.29, 1.82) is 0 Å². The van der Waals surface area contributed by atoms with E-state index in [1.54, 1.807) is 44.4 Å². The average Bonchev–Trinajstić information content (AvgIpc) is 3.23. The summed E-state index contributed by atoms with van der Waals surface area (Å²) in [6.45, 7) is 0.717. The number of hydrogen-bond acceptors (Lipinski definition) is 6. The molecule has 1 aromatic carbocycles. The number of benzene rings is 1. The number of alkyl halides is 5. The van der Waals surface area contributed by atoms with Crippen LogP contribution in [0.3, 0.4) is 0 Å². The van der Waals surface area contributed by atoms with Gasteiger partial charge in [-0.2, -0.15) is 18.3 Å². The Kier molecular flexibility index (Phi) is 7.07. The molecule has 0 saturated carbocycles. The van der Waals surface area contributed by atoms with E-state index in [9.17, 15) is 26.7 Å². The van der Waals surface area contributed by atoms with Gasteiger partial charge in [0.25, 0.3) is 11.8 Å². The monoisotopic (exact) mass is 524 g/mol. The number of aromatic nitrogens is 4. The first-order valence-electron chi connectivity index (χ1n) is 11.4. The Morgan fingerprint density at radius 3 is 2.59 bits per heavy atom. The summed E-state index contributed by atoms with van der Waals surface area (Å²) in [5, 5.41) is 7.05. The summed E-state index contributed by atoms with van der Waals surface area (Å²) in [5.74, 6) is -4.01. The van der Waals surface area contributed by atoms with Gasteiger partial charge in [0.1, 0.15) is 5.75 Å². The van der Waals surface area contributed by atoms with Gasteiger partial charge in [-0.3, -0.25) is 9.48 Å². The third-order valence-electron chi connectivity index (χ3n) is 6.20. The highest BCUT2D eigenvalue weighted by molar-refractivity contribution is 5.99. The molecule has 2 aromatic heterocycles. The number of anilines is 1. The summed E-state index contributed by atoms with van der Waals surface area (Å²) < 4.78 is 74.3. The summed E-state index contributed by atoms with van der Waals surface area (Å²) in [4.78, 5) is 22.1. The number of hydrogen-bond donors (Lipinski definition) is 1. The molecular weight excluding hydrogens is 499 g/mol. The molecule has 1 N–H and O–H groups in total. The van der Waals surface area contributed by atoms with Crippen molar-refractivity contribution in [3.8, 4) is 16.9 Å². The zero-order chi connectivity index (χ0) is 27.0. The molecule has 3 aromatic rings. The molecule has 1 amide bonds. The fourth-order valence-electron chi connectivity index (χ4n) is 4.42. The van der Waals surface area contributed by atoms with Gasteiger partial charge in [-0.15, -0.1) is 0 Å². The van der Waals surface area contributed by atoms with Crippen LogP contribution >= 0.6 is 0 Å². The number of ether oxygens (including phenoxy) is 1. The second-order valence-corrected chi connectivity index (χ2v) is 9.01. The van der Waals surface area contributed by atoms with E-state index in [4.69, 9.17) is 4.74 Å². The van der Waals surface area contributed by atoms with Gasteiger partial charge >= 0.3 is 6.18 Å². The number of nitrogens with one attached hydrogen (secondary N) is 1. The van der Waals surface area contributed by atoms with Crippen molar-refractivity contribution < 1.29 is 31.5 Å². The van der Waals surface area contributed by atoms with Crippen LogP contribution in [0, 0.1) is 5.92 Å². The largest absolute Gasteiger partial charge is 0.497 e. The Morgan fingerprint density at radius 1 is 1.24 bits per heavy atom. The number of likely N-dealkylation sites (tertiary alicyclic amines) is 1. The summed E-state index contributed by atoms with van der Waals surface area (Å²) in [6, 6.07) is 6.22. The van der Waals surface area contributed by atoms with Crippen molar-refractivity contribution in [2.45, 2.75) is 31.5 Å². The van der Waals surface area contributed by atoms with Crippen molar-refractivity contribution in [2.75, 3.05) is 25.5 Å². The Bertz CT molecular complexity index is 1260. The summed E-state index contributed by atoms with van der Waals surface area (Å²) in [6.07, 6.45) is -2.16. The van der Waals surface area contributed by atoms with Gasteiger partial charge in [-0.1, -0.05) is 19.1 Å². The predicted molar refractivity (Wildman–Crippen MR) is 124 cm³/mol. The van der Waals surface area contributed by atoms with Gasteiger partial charge in [0.05, 0.1) is 25.3 Å². The second kappa shape index (κ2) is 9.94. The van der Waals surface area contributed by atoms with Crippen LogP contribution in [0.15, 0.2) is 42.9 Å². The Hall–Kier alpha value is -3.77. The number of halogens is 5. The van der Waals surface area contributed by atoms with E-state index in [0.29, 0.717) is 29.3 Å². The quantitative estimate of drug-likeness (QED) is 0.478. The first-order chi connectivity index (χ1) is 17.4. The molecule has 1 aliphatic heterocycles. The van der Waals surface area contributed by atoms with E-state index in [2.05, 4.69) is 20.4 Å². The molecule has 0 aliphatic carbocycles. The van der Waals surface area contributed by atoms with Crippen molar-refractivity contribution in [1.82, 2.24) is 24.6 Å². The number of rotatable bonds is 6. The van der Waals surface area contributed by atoms with Crippen LogP contribution in [0.4, 0.5) is 27.9 Å². The number of carbonyl (C=O) groups is 1. The van der Waals surface area contributed by atoms with E-state index in [-0.39, 0.29) is 18.2 Å². The summed E-state index contributed by atoms with van der Waals surface area (Å²) in [5.41, 5.74) is 0.0587. The lowest BCUT2D eigenvalue weighted by Gasteiger charge is -2.43. The molecule has 0 spiro atoms. The van der Waals surface area contributed by atoms with Gasteiger partial charge in [0.15, 0.2) is 5.69 Å². The first kappa shape index (κ1) is 26.3. The molecule has 198 valence electrons. The Balaban J connectivity index is 1.62. The van der Waals surface area contributed by atoms with Crippen LogP contribution in [-0.4, -0.2) is 62.7 Å². The minimum absolute atomic E-state index is 0.00330. The minimum atomic E-state index is -4.59. The number of carbonyl (C=O) groups excluding carboxylic acids is 1. The van der Waals surface area contributed by atoms with E-state index in [0.717, 1.165) is 4.90 Å². The third kappa shape index (κ3) is 5.81. The van der Waals surface area contributed by atoms with Crippen molar-refractivity contribution >= 4 is 11.9 Å². The molecule has 1 fully saturated rings. The highest BCUT2D eigenvalue weighted by Crippen LogP contribution is 2.36. The fraction of sp³-hybridized carbons (Fsp3) is 0.417. The molecule has 3 heterocycles. The summed E-state index contributed by atoms with van der Waals surface area (Å²) in [7, 11) is 3.12. The first-order valence-corrected chi connectivity index (χ1v) is 11.4. The number of methoxy groups -OCH3 is 1. The van der Waals surface area contributed by atoms with Crippen LogP contribution in [0.25, 0.3) is 11.1 Å². The molecule has 4 rings (SSSR count). The van der Waals surface area contributed by atoms with Crippen LogP contribution < -0.4 is 10.1 Å². The molecule has 0 bridgehead atoms. The SMILES string of the molecule is COc1cccc(-c2cn(C)nc2C(=O)N2CC(F)(F)CC(C)C2CNc2ncc(C(F)(F)F)cn2)c1. The van der Waals surface area contributed by atoms with Crippen LogP contribution in [0.5, 0.6) is 5.75 Å². The molecule has 2 atom stereocenters. The molecule has 37 heavy (non-hydrogen) atoms. The number of aryl methyl sites for hydroxylation is 1. The molecule has 13 heteroatoms. The standard InChI is InChI=1S/C24H25F5N6O2/c1-14-8-23(25,26)13-35(19(14)11-32-22-30-9-16(10-31-22)24(27,28)29)21(36)20-18(12-34(2)33-20)15-5-4-6-17(7-15)37-3/h4-7,9-10,12,14,19H,8,11,13H2,1-3H3,(H,30,31,32). The fourth-order valence-corrected chi connectivity index (χ4v) is 4.42.